The van der Waals surface area contributed by atoms with E-state index < -0.39 is 10.1 Å². The maximum absolute atomic E-state index is 11.3. The van der Waals surface area contributed by atoms with Crippen molar-refractivity contribution in [2.45, 2.75) is 128 Å². The van der Waals surface area contributed by atoms with Crippen molar-refractivity contribution in [2.75, 3.05) is 27.7 Å². The normalized spacial score (nSPS) is 11.8. The molecule has 34 heavy (non-hydrogen) atoms. The van der Waals surface area contributed by atoms with Crippen LogP contribution in [0.5, 0.6) is 0 Å². The predicted molar refractivity (Wildman–Crippen MR) is 148 cm³/mol. The molecule has 0 saturated heterocycles. The molecule has 1 rings (SSSR count). The van der Waals surface area contributed by atoms with Gasteiger partial charge in [-0.15, -0.1) is 0 Å². The van der Waals surface area contributed by atoms with Crippen molar-refractivity contribution in [1.82, 2.24) is 0 Å². The van der Waals surface area contributed by atoms with Crippen LogP contribution in [-0.4, -0.2) is 45.1 Å². The molecule has 0 bridgehead atoms. The molecule has 0 fully saturated rings. The molecule has 0 heterocycles. The van der Waals surface area contributed by atoms with Gasteiger partial charge in [0.15, 0.2) is 0 Å². The van der Waals surface area contributed by atoms with Crippen molar-refractivity contribution < 1.29 is 17.5 Å². The number of benzene rings is 1. The molecule has 0 atom stereocenters. The fraction of sp³-hybridized carbons (Fsp3) is 0.793. The molecule has 0 amide bonds. The van der Waals surface area contributed by atoms with Crippen LogP contribution in [0.3, 0.4) is 0 Å². The summed E-state index contributed by atoms with van der Waals surface area (Å²) in [6, 6.07) is 6.73. The number of nitrogens with zero attached hydrogens (tertiary/aromatic N) is 1. The molecule has 0 saturated carbocycles. The van der Waals surface area contributed by atoms with Crippen LogP contribution in [0.25, 0.3) is 0 Å². The molecule has 0 aliphatic carbocycles. The lowest BCUT2D eigenvalue weighted by atomic mass is 10.0. The van der Waals surface area contributed by atoms with Crippen LogP contribution in [0.4, 0.5) is 0 Å². The lowest BCUT2D eigenvalue weighted by Crippen LogP contribution is -2.35. The summed E-state index contributed by atoms with van der Waals surface area (Å²) in [5.74, 6) is 0. The van der Waals surface area contributed by atoms with Crippen molar-refractivity contribution in [3.63, 3.8) is 0 Å². The lowest BCUT2D eigenvalue weighted by molar-refractivity contribution is -0.870. The molecule has 1 aromatic carbocycles. The summed E-state index contributed by atoms with van der Waals surface area (Å²) in [7, 11) is 2.71. The Kier molecular flexibility index (Phi) is 19.8. The molecule has 0 aromatic heterocycles. The second-order valence-corrected chi connectivity index (χ2v) is 12.2. The summed E-state index contributed by atoms with van der Waals surface area (Å²) in [6.07, 6.45) is 21.8. The van der Waals surface area contributed by atoms with Gasteiger partial charge in [-0.05, 0) is 37.3 Å². The number of hydrogen-bond donors (Lipinski definition) is 1. The van der Waals surface area contributed by atoms with Crippen LogP contribution in [-0.2, 0) is 16.5 Å². The first-order valence-corrected chi connectivity index (χ1v) is 15.4. The van der Waals surface area contributed by atoms with E-state index >= 15 is 0 Å². The monoisotopic (exact) mass is 498 g/mol. The zero-order valence-corrected chi connectivity index (χ0v) is 24.0. The highest BCUT2D eigenvalue weighted by Crippen LogP contribution is 2.18. The van der Waals surface area contributed by atoms with Gasteiger partial charge in [-0.1, -0.05) is 116 Å². The Labute approximate surface area is 212 Å². The van der Waals surface area contributed by atoms with Crippen LogP contribution in [0.2, 0.25) is 0 Å². The zero-order valence-electron chi connectivity index (χ0n) is 23.2. The van der Waals surface area contributed by atoms with E-state index in [-0.39, 0.29) is 4.90 Å². The van der Waals surface area contributed by atoms with E-state index in [1.54, 1.807) is 12.1 Å². The number of rotatable bonds is 19. The largest absolute Gasteiger partial charge is 0.331 e. The van der Waals surface area contributed by atoms with Crippen molar-refractivity contribution in [3.8, 4) is 0 Å². The Morgan fingerprint density at radius 1 is 0.647 bits per heavy atom. The van der Waals surface area contributed by atoms with E-state index in [2.05, 4.69) is 35.0 Å². The summed E-state index contributed by atoms with van der Waals surface area (Å²) in [4.78, 5) is 0.0610. The van der Waals surface area contributed by atoms with Crippen LogP contribution < -0.4 is 0 Å². The molecule has 5 heteroatoms. The van der Waals surface area contributed by atoms with E-state index in [1.807, 2.05) is 6.07 Å². The molecule has 200 valence electrons. The molecule has 1 N–H and O–H groups in total. The molecular formula is C29H56NO3S+. The number of hydrogen-bond acceptors (Lipinski definition) is 2. The fourth-order valence-corrected chi connectivity index (χ4v) is 4.88. The van der Waals surface area contributed by atoms with Crippen molar-refractivity contribution in [1.29, 1.82) is 0 Å². The quantitative estimate of drug-likeness (QED) is 0.118. The summed E-state index contributed by atoms with van der Waals surface area (Å²) >= 11 is 0. The van der Waals surface area contributed by atoms with Crippen LogP contribution in [0.15, 0.2) is 29.2 Å². The number of aryl methyl sites for hydroxylation is 1. The predicted octanol–water partition coefficient (Wildman–Crippen LogP) is 8.45. The fourth-order valence-electron chi connectivity index (χ4n) is 4.13. The SMILES string of the molecule is CCCCCCCCCCCCc1ccccc1S(=O)(=O)O.CCCCCCCC[N+](C)(C)C. The molecule has 0 radical (unpaired) electrons. The van der Waals surface area contributed by atoms with Crippen LogP contribution >= 0.6 is 0 Å². The molecular weight excluding hydrogens is 442 g/mol. The van der Waals surface area contributed by atoms with Crippen LogP contribution in [0, 0.1) is 0 Å². The molecule has 4 nitrogen and oxygen atoms in total. The van der Waals surface area contributed by atoms with E-state index in [4.69, 9.17) is 0 Å². The van der Waals surface area contributed by atoms with Gasteiger partial charge in [0.2, 0.25) is 0 Å². The first-order valence-electron chi connectivity index (χ1n) is 14.0. The average molecular weight is 499 g/mol. The molecule has 0 aliphatic rings. The highest BCUT2D eigenvalue weighted by atomic mass is 32.2. The number of unbranched alkanes of at least 4 members (excludes halogenated alkanes) is 14. The second kappa shape index (κ2) is 20.3. The highest BCUT2D eigenvalue weighted by molar-refractivity contribution is 7.85. The van der Waals surface area contributed by atoms with Crippen molar-refractivity contribution in [2.24, 2.45) is 0 Å². The Balaban J connectivity index is 0.000000770. The second-order valence-electron chi connectivity index (χ2n) is 10.8. The summed E-state index contributed by atoms with van der Waals surface area (Å²) in [5.41, 5.74) is 0.726. The van der Waals surface area contributed by atoms with Crippen molar-refractivity contribution in [3.05, 3.63) is 29.8 Å². The lowest BCUT2D eigenvalue weighted by Gasteiger charge is -2.23. The van der Waals surface area contributed by atoms with Gasteiger partial charge in [0.25, 0.3) is 10.1 Å². The summed E-state index contributed by atoms with van der Waals surface area (Å²) in [6.45, 7) is 5.83. The minimum atomic E-state index is -4.10. The Hall–Kier alpha value is -0.910. The molecule has 0 unspecified atom stereocenters. The number of quaternary nitrogens is 1. The average Bonchev–Trinajstić information content (AvgIpc) is 2.77. The minimum absolute atomic E-state index is 0.0610. The van der Waals surface area contributed by atoms with E-state index in [1.165, 1.54) is 103 Å². The van der Waals surface area contributed by atoms with Gasteiger partial charge in [0, 0.05) is 0 Å². The highest BCUT2D eigenvalue weighted by Gasteiger charge is 2.13. The van der Waals surface area contributed by atoms with Crippen LogP contribution in [0.1, 0.15) is 122 Å². The molecule has 0 aliphatic heterocycles. The third-order valence-corrected chi connectivity index (χ3v) is 7.19. The smallest absolute Gasteiger partial charge is 0.294 e. The van der Waals surface area contributed by atoms with Gasteiger partial charge in [0.1, 0.15) is 0 Å². The third kappa shape index (κ3) is 20.5. The van der Waals surface area contributed by atoms with Gasteiger partial charge < -0.3 is 4.48 Å². The topological polar surface area (TPSA) is 54.4 Å². The van der Waals surface area contributed by atoms with Gasteiger partial charge in [0.05, 0.1) is 32.6 Å². The maximum Gasteiger partial charge on any atom is 0.294 e. The summed E-state index contributed by atoms with van der Waals surface area (Å²) < 4.78 is 32.9. The van der Waals surface area contributed by atoms with E-state index in [0.29, 0.717) is 6.42 Å². The van der Waals surface area contributed by atoms with Gasteiger partial charge >= 0.3 is 0 Å². The maximum atomic E-state index is 11.3. The standard InChI is InChI=1S/C18H30O3S.C11H26N/c1-2-3-4-5-6-7-8-9-10-11-14-17-15-12-13-16-18(17)22(19,20)21;1-5-6-7-8-9-10-11-12(2,3)4/h12-13,15-16H,2-11,14H2,1H3,(H,19,20,21);5-11H2,1-4H3/q;+1. The Bertz CT molecular complexity index is 696. The van der Waals surface area contributed by atoms with Gasteiger partial charge in [-0.2, -0.15) is 8.42 Å². The first-order chi connectivity index (χ1) is 16.1. The van der Waals surface area contributed by atoms with E-state index in [0.717, 1.165) is 22.9 Å². The zero-order chi connectivity index (χ0) is 25.7. The third-order valence-electron chi connectivity index (χ3n) is 6.23. The molecule has 1 aromatic rings. The van der Waals surface area contributed by atoms with Crippen molar-refractivity contribution >= 4 is 10.1 Å². The van der Waals surface area contributed by atoms with E-state index in [9.17, 15) is 13.0 Å². The Morgan fingerprint density at radius 3 is 1.50 bits per heavy atom. The summed E-state index contributed by atoms with van der Waals surface area (Å²) in [5, 5.41) is 0. The first kappa shape index (κ1) is 33.1. The molecule has 0 spiro atoms. The van der Waals surface area contributed by atoms with Gasteiger partial charge in [-0.25, -0.2) is 0 Å². The Morgan fingerprint density at radius 2 is 1.06 bits per heavy atom. The minimum Gasteiger partial charge on any atom is -0.331 e. The van der Waals surface area contributed by atoms with Gasteiger partial charge in [-0.3, -0.25) is 4.55 Å².